The van der Waals surface area contributed by atoms with Gasteiger partial charge in [0, 0.05) is 22.7 Å². The third-order valence-electron chi connectivity index (χ3n) is 5.30. The van der Waals surface area contributed by atoms with Gasteiger partial charge in [-0.15, -0.1) is 0 Å². The molecule has 2 aromatic carbocycles. The highest BCUT2D eigenvalue weighted by molar-refractivity contribution is 6.01. The van der Waals surface area contributed by atoms with Crippen molar-refractivity contribution in [2.75, 3.05) is 6.61 Å². The van der Waals surface area contributed by atoms with E-state index in [-0.39, 0.29) is 23.3 Å². The van der Waals surface area contributed by atoms with Gasteiger partial charge in [-0.2, -0.15) is 26.3 Å². The molecule has 2 heterocycles. The Morgan fingerprint density at radius 1 is 0.892 bits per heavy atom. The van der Waals surface area contributed by atoms with Crippen LogP contribution in [0, 0.1) is 11.6 Å². The molecular weight excluding hydrogens is 512 g/mol. The van der Waals surface area contributed by atoms with Gasteiger partial charge < -0.3 is 4.74 Å². The average Bonchev–Trinajstić information content (AvgIpc) is 2.82. The highest BCUT2D eigenvalue weighted by Crippen LogP contribution is 2.40. The van der Waals surface area contributed by atoms with E-state index in [1.807, 2.05) is 0 Å². The summed E-state index contributed by atoms with van der Waals surface area (Å²) in [4.78, 5) is 20.5. The third kappa shape index (κ3) is 5.09. The molecule has 0 N–H and O–H groups in total. The molecule has 0 saturated carbocycles. The Hall–Kier alpha value is -4.09. The summed E-state index contributed by atoms with van der Waals surface area (Å²) in [7, 11) is 0. The first-order chi connectivity index (χ1) is 17.3. The molecule has 0 bridgehead atoms. The summed E-state index contributed by atoms with van der Waals surface area (Å²) in [5.41, 5.74) is -5.95. The van der Waals surface area contributed by atoms with Gasteiger partial charge in [0.25, 0.3) is 0 Å². The molecule has 0 unspecified atom stereocenters. The number of carbonyl (C=O) groups excluding carboxylic acids is 1. The van der Waals surface area contributed by atoms with Crippen LogP contribution in [0.25, 0.3) is 33.4 Å². The van der Waals surface area contributed by atoms with E-state index in [0.717, 1.165) is 0 Å². The zero-order chi connectivity index (χ0) is 27.1. The van der Waals surface area contributed by atoms with E-state index in [2.05, 4.69) is 9.97 Å². The Morgan fingerprint density at radius 2 is 1.57 bits per heavy atom. The van der Waals surface area contributed by atoms with Gasteiger partial charge in [0.05, 0.1) is 34.6 Å². The molecule has 0 saturated heterocycles. The largest absolute Gasteiger partial charge is 0.462 e. The Balaban J connectivity index is 2.04. The van der Waals surface area contributed by atoms with Crippen LogP contribution in [-0.2, 0) is 17.1 Å². The summed E-state index contributed by atoms with van der Waals surface area (Å²) in [5, 5.41) is 0.330. The first-order valence-corrected chi connectivity index (χ1v) is 10.5. The minimum Gasteiger partial charge on any atom is -0.462 e. The van der Waals surface area contributed by atoms with Crippen molar-refractivity contribution in [3.63, 3.8) is 0 Å². The summed E-state index contributed by atoms with van der Waals surface area (Å²) < 4.78 is 115. The maximum atomic E-state index is 14.8. The van der Waals surface area contributed by atoms with Crippen molar-refractivity contribution < 1.29 is 44.7 Å². The molecule has 4 rings (SSSR count). The van der Waals surface area contributed by atoms with Crippen LogP contribution in [-0.4, -0.2) is 22.5 Å². The number of pyridine rings is 2. The lowest BCUT2D eigenvalue weighted by atomic mass is 9.99. The molecule has 2 aromatic heterocycles. The van der Waals surface area contributed by atoms with Crippen LogP contribution in [0.15, 0.2) is 54.7 Å². The SMILES string of the molecule is CCOC(=O)c1cc(-c2cc(C(F)(F)F)cc(-c3ccc(F)c(C(F)(F)F)c3F)n2)c2ncccc2c1. The lowest BCUT2D eigenvalue weighted by Gasteiger charge is -2.16. The molecule has 37 heavy (non-hydrogen) atoms. The number of hydrogen-bond donors (Lipinski definition) is 0. The second kappa shape index (κ2) is 9.41. The monoisotopic (exact) mass is 526 g/mol. The van der Waals surface area contributed by atoms with E-state index in [1.54, 1.807) is 6.92 Å². The second-order valence-corrected chi connectivity index (χ2v) is 7.73. The van der Waals surface area contributed by atoms with Gasteiger partial charge in [-0.3, -0.25) is 4.98 Å². The van der Waals surface area contributed by atoms with Crippen LogP contribution < -0.4 is 0 Å². The molecule has 4 aromatic rings. The van der Waals surface area contributed by atoms with Crippen LogP contribution in [0.4, 0.5) is 35.1 Å². The fourth-order valence-electron chi connectivity index (χ4n) is 3.70. The van der Waals surface area contributed by atoms with Crippen molar-refractivity contribution in [3.8, 4) is 22.5 Å². The van der Waals surface area contributed by atoms with Gasteiger partial charge in [-0.1, -0.05) is 6.07 Å². The summed E-state index contributed by atoms with van der Waals surface area (Å²) in [6.45, 7) is 1.56. The Kier molecular flexibility index (Phi) is 6.61. The lowest BCUT2D eigenvalue weighted by molar-refractivity contribution is -0.142. The molecule has 0 aliphatic rings. The van der Waals surface area contributed by atoms with E-state index >= 15 is 0 Å². The molecule has 0 atom stereocenters. The normalized spacial score (nSPS) is 12.1. The molecule has 0 aliphatic heterocycles. The van der Waals surface area contributed by atoms with Gasteiger partial charge in [-0.25, -0.2) is 18.6 Å². The highest BCUT2D eigenvalue weighted by Gasteiger charge is 2.39. The molecule has 4 nitrogen and oxygen atoms in total. The number of alkyl halides is 6. The van der Waals surface area contributed by atoms with E-state index < -0.39 is 58.0 Å². The lowest BCUT2D eigenvalue weighted by Crippen LogP contribution is -2.13. The molecule has 0 aliphatic carbocycles. The predicted octanol–water partition coefficient (Wildman–Crippen LogP) is 7.46. The van der Waals surface area contributed by atoms with Crippen LogP contribution in [0.3, 0.4) is 0 Å². The highest BCUT2D eigenvalue weighted by atomic mass is 19.4. The maximum Gasteiger partial charge on any atom is 0.422 e. The predicted molar refractivity (Wildman–Crippen MR) is 116 cm³/mol. The number of rotatable bonds is 4. The van der Waals surface area contributed by atoms with Crippen molar-refractivity contribution in [2.24, 2.45) is 0 Å². The molecule has 0 amide bonds. The second-order valence-electron chi connectivity index (χ2n) is 7.73. The van der Waals surface area contributed by atoms with Crippen LogP contribution >= 0.6 is 0 Å². The van der Waals surface area contributed by atoms with Gasteiger partial charge in [0.2, 0.25) is 0 Å². The van der Waals surface area contributed by atoms with Crippen LogP contribution in [0.5, 0.6) is 0 Å². The quantitative estimate of drug-likeness (QED) is 0.205. The number of nitrogens with zero attached hydrogens (tertiary/aromatic N) is 2. The van der Waals surface area contributed by atoms with Gasteiger partial charge in [0.15, 0.2) is 0 Å². The number of ether oxygens (including phenoxy) is 1. The first kappa shape index (κ1) is 26.0. The molecule has 12 heteroatoms. The minimum absolute atomic E-state index is 0.0105. The first-order valence-electron chi connectivity index (χ1n) is 10.5. The van der Waals surface area contributed by atoms with E-state index in [1.165, 1.54) is 30.5 Å². The van der Waals surface area contributed by atoms with Crippen molar-refractivity contribution in [2.45, 2.75) is 19.3 Å². The van der Waals surface area contributed by atoms with Crippen molar-refractivity contribution in [3.05, 3.63) is 83.1 Å². The third-order valence-corrected chi connectivity index (χ3v) is 5.30. The smallest absolute Gasteiger partial charge is 0.422 e. The topological polar surface area (TPSA) is 52.1 Å². The van der Waals surface area contributed by atoms with E-state index in [9.17, 15) is 39.9 Å². The molecule has 0 fully saturated rings. The van der Waals surface area contributed by atoms with E-state index in [0.29, 0.717) is 29.7 Å². The zero-order valence-electron chi connectivity index (χ0n) is 18.6. The average molecular weight is 526 g/mol. The number of hydrogen-bond acceptors (Lipinski definition) is 4. The summed E-state index contributed by atoms with van der Waals surface area (Å²) in [6.07, 6.45) is -9.14. The van der Waals surface area contributed by atoms with Gasteiger partial charge in [0.1, 0.15) is 17.2 Å². The number of esters is 1. The summed E-state index contributed by atoms with van der Waals surface area (Å²) in [5.74, 6) is -4.84. The standard InChI is InChI=1S/C25H14F8N2O2/c1-2-37-23(36)13-8-12-4-3-7-34-22(12)16(9-13)19-11-14(24(28,29)30)10-18(35-19)15-5-6-17(26)20(21(15)27)25(31,32)33/h3-11H,2H2,1H3. The number of carbonyl (C=O) groups is 1. The van der Waals surface area contributed by atoms with Crippen molar-refractivity contribution in [1.82, 2.24) is 9.97 Å². The Morgan fingerprint density at radius 3 is 2.19 bits per heavy atom. The number of aromatic nitrogens is 2. The summed E-state index contributed by atoms with van der Waals surface area (Å²) in [6, 6.07) is 7.41. The number of benzene rings is 2. The fraction of sp³-hybridized carbons (Fsp3) is 0.160. The van der Waals surface area contributed by atoms with Crippen molar-refractivity contribution in [1.29, 1.82) is 0 Å². The molecule has 0 spiro atoms. The van der Waals surface area contributed by atoms with E-state index in [4.69, 9.17) is 4.74 Å². The fourth-order valence-corrected chi connectivity index (χ4v) is 3.70. The Bertz CT molecular complexity index is 1510. The Labute approximate surface area is 203 Å². The minimum atomic E-state index is -5.46. The van der Waals surface area contributed by atoms with Crippen LogP contribution in [0.2, 0.25) is 0 Å². The van der Waals surface area contributed by atoms with Gasteiger partial charge >= 0.3 is 18.3 Å². The van der Waals surface area contributed by atoms with Crippen molar-refractivity contribution >= 4 is 16.9 Å². The number of halogens is 8. The molecule has 0 radical (unpaired) electrons. The molecule has 192 valence electrons. The molecular formula is C25H14F8N2O2. The van der Waals surface area contributed by atoms with Crippen LogP contribution in [0.1, 0.15) is 28.4 Å². The summed E-state index contributed by atoms with van der Waals surface area (Å²) >= 11 is 0. The number of fused-ring (bicyclic) bond motifs is 1. The maximum absolute atomic E-state index is 14.8. The zero-order valence-corrected chi connectivity index (χ0v) is 18.6. The van der Waals surface area contributed by atoms with Gasteiger partial charge in [-0.05, 0) is 49.4 Å².